The highest BCUT2D eigenvalue weighted by atomic mass is 35.5. The molecule has 4 nitrogen and oxygen atoms in total. The van der Waals surface area contributed by atoms with Crippen LogP contribution in [0.25, 0.3) is 0 Å². The average Bonchev–Trinajstić information content (AvgIpc) is 2.42. The molecule has 0 aliphatic carbocycles. The summed E-state index contributed by atoms with van der Waals surface area (Å²) in [6.45, 7) is 6.60. The lowest BCUT2D eigenvalue weighted by Crippen LogP contribution is -2.48. The number of piperidine rings is 2. The van der Waals surface area contributed by atoms with Gasteiger partial charge in [-0.1, -0.05) is 13.3 Å². The van der Waals surface area contributed by atoms with E-state index >= 15 is 0 Å². The van der Waals surface area contributed by atoms with Gasteiger partial charge in [-0.2, -0.15) is 0 Å². The van der Waals surface area contributed by atoms with Crippen molar-refractivity contribution in [1.29, 1.82) is 0 Å². The lowest BCUT2D eigenvalue weighted by molar-refractivity contribution is -0.134. The van der Waals surface area contributed by atoms with Crippen molar-refractivity contribution < 1.29 is 4.79 Å². The first-order chi connectivity index (χ1) is 9.20. The van der Waals surface area contributed by atoms with Gasteiger partial charge in [0.1, 0.15) is 0 Å². The zero-order chi connectivity index (χ0) is 13.7. The number of hydrogen-bond acceptors (Lipinski definition) is 3. The Morgan fingerprint density at radius 1 is 1.15 bits per heavy atom. The summed E-state index contributed by atoms with van der Waals surface area (Å²) in [6.07, 6.45) is 7.09. The first-order valence-electron chi connectivity index (χ1n) is 7.92. The SMILES string of the molecule is CC1CCN(C(=O)CN2CCCCC2CCN)CC1.Cl. The molecule has 2 rings (SSSR count). The number of likely N-dealkylation sites (tertiary alicyclic amines) is 2. The predicted octanol–water partition coefficient (Wildman–Crippen LogP) is 1.87. The molecule has 1 unspecified atom stereocenters. The van der Waals surface area contributed by atoms with Crippen LogP contribution in [0, 0.1) is 5.92 Å². The number of carbonyl (C=O) groups is 1. The Bertz CT molecular complexity index is 291. The zero-order valence-electron chi connectivity index (χ0n) is 12.7. The molecule has 1 amide bonds. The van der Waals surface area contributed by atoms with Gasteiger partial charge in [-0.05, 0) is 51.1 Å². The number of amides is 1. The van der Waals surface area contributed by atoms with Crippen LogP contribution in [-0.4, -0.2) is 54.5 Å². The third kappa shape index (κ3) is 4.90. The second kappa shape index (κ2) is 8.85. The Morgan fingerprint density at radius 3 is 2.50 bits per heavy atom. The molecule has 2 saturated heterocycles. The topological polar surface area (TPSA) is 49.6 Å². The Labute approximate surface area is 129 Å². The smallest absolute Gasteiger partial charge is 0.236 e. The number of halogens is 1. The molecule has 20 heavy (non-hydrogen) atoms. The van der Waals surface area contributed by atoms with Crippen molar-refractivity contribution in [3.05, 3.63) is 0 Å². The minimum absolute atomic E-state index is 0. The summed E-state index contributed by atoms with van der Waals surface area (Å²) in [4.78, 5) is 16.8. The van der Waals surface area contributed by atoms with E-state index in [1.54, 1.807) is 0 Å². The summed E-state index contributed by atoms with van der Waals surface area (Å²) in [5, 5.41) is 0. The van der Waals surface area contributed by atoms with Gasteiger partial charge < -0.3 is 10.6 Å². The van der Waals surface area contributed by atoms with Crippen molar-refractivity contribution >= 4 is 18.3 Å². The lowest BCUT2D eigenvalue weighted by Gasteiger charge is -2.37. The molecular formula is C15H30ClN3O. The van der Waals surface area contributed by atoms with E-state index in [0.717, 1.165) is 51.4 Å². The maximum absolute atomic E-state index is 12.4. The van der Waals surface area contributed by atoms with Gasteiger partial charge in [-0.3, -0.25) is 9.69 Å². The Hall–Kier alpha value is -0.320. The molecule has 0 radical (unpaired) electrons. The Morgan fingerprint density at radius 2 is 1.85 bits per heavy atom. The number of carbonyl (C=O) groups excluding carboxylic acids is 1. The number of rotatable bonds is 4. The molecule has 2 heterocycles. The average molecular weight is 304 g/mol. The van der Waals surface area contributed by atoms with E-state index < -0.39 is 0 Å². The highest BCUT2D eigenvalue weighted by Crippen LogP contribution is 2.20. The fourth-order valence-corrected chi connectivity index (χ4v) is 3.32. The van der Waals surface area contributed by atoms with Crippen molar-refractivity contribution in [2.24, 2.45) is 11.7 Å². The molecule has 1 atom stereocenters. The molecule has 0 aromatic carbocycles. The summed E-state index contributed by atoms with van der Waals surface area (Å²) in [6, 6.07) is 0.534. The van der Waals surface area contributed by atoms with Crippen LogP contribution < -0.4 is 5.73 Å². The van der Waals surface area contributed by atoms with Crippen LogP contribution in [0.1, 0.15) is 45.4 Å². The Kier molecular flexibility index (Phi) is 7.85. The summed E-state index contributed by atoms with van der Waals surface area (Å²) >= 11 is 0. The fourth-order valence-electron chi connectivity index (χ4n) is 3.32. The van der Waals surface area contributed by atoms with Gasteiger partial charge in [0.2, 0.25) is 5.91 Å². The lowest BCUT2D eigenvalue weighted by atomic mass is 9.98. The van der Waals surface area contributed by atoms with Crippen LogP contribution in [0.4, 0.5) is 0 Å². The summed E-state index contributed by atoms with van der Waals surface area (Å²) in [5.41, 5.74) is 5.69. The van der Waals surface area contributed by atoms with Crippen LogP contribution in [0.2, 0.25) is 0 Å². The van der Waals surface area contributed by atoms with Crippen molar-refractivity contribution in [2.45, 2.75) is 51.5 Å². The summed E-state index contributed by atoms with van der Waals surface area (Å²) < 4.78 is 0. The Balaban J connectivity index is 0.00000200. The molecule has 0 aromatic heterocycles. The molecule has 118 valence electrons. The van der Waals surface area contributed by atoms with Gasteiger partial charge >= 0.3 is 0 Å². The minimum atomic E-state index is 0. The predicted molar refractivity (Wildman–Crippen MR) is 85.1 cm³/mol. The monoisotopic (exact) mass is 303 g/mol. The van der Waals surface area contributed by atoms with E-state index in [1.165, 1.54) is 19.3 Å². The van der Waals surface area contributed by atoms with Crippen molar-refractivity contribution in [3.8, 4) is 0 Å². The maximum Gasteiger partial charge on any atom is 0.236 e. The molecule has 0 spiro atoms. The van der Waals surface area contributed by atoms with Crippen LogP contribution in [0.15, 0.2) is 0 Å². The molecule has 2 N–H and O–H groups in total. The molecule has 5 heteroatoms. The van der Waals surface area contributed by atoms with Crippen LogP contribution in [0.3, 0.4) is 0 Å². The van der Waals surface area contributed by atoms with Crippen molar-refractivity contribution in [3.63, 3.8) is 0 Å². The maximum atomic E-state index is 12.4. The highest BCUT2D eigenvalue weighted by molar-refractivity contribution is 5.85. The number of hydrogen-bond donors (Lipinski definition) is 1. The molecule has 0 aromatic rings. The highest BCUT2D eigenvalue weighted by Gasteiger charge is 2.27. The van der Waals surface area contributed by atoms with E-state index in [-0.39, 0.29) is 12.4 Å². The molecule has 0 saturated carbocycles. The standard InChI is InChI=1S/C15H29N3O.ClH/c1-13-6-10-17(11-7-13)15(19)12-18-9-3-2-4-14(18)5-8-16;/h13-14H,2-12,16H2,1H3;1H. The summed E-state index contributed by atoms with van der Waals surface area (Å²) in [5.74, 6) is 1.11. The van der Waals surface area contributed by atoms with Gasteiger partial charge in [0.05, 0.1) is 6.54 Å². The first-order valence-corrected chi connectivity index (χ1v) is 7.92. The van der Waals surface area contributed by atoms with E-state index in [1.807, 2.05) is 0 Å². The largest absolute Gasteiger partial charge is 0.342 e. The molecule has 0 bridgehead atoms. The molecular weight excluding hydrogens is 274 g/mol. The zero-order valence-corrected chi connectivity index (χ0v) is 13.5. The normalized spacial score (nSPS) is 25.3. The van der Waals surface area contributed by atoms with Gasteiger partial charge in [-0.25, -0.2) is 0 Å². The molecule has 2 aliphatic heterocycles. The van der Waals surface area contributed by atoms with E-state index in [2.05, 4.69) is 16.7 Å². The fraction of sp³-hybridized carbons (Fsp3) is 0.933. The minimum Gasteiger partial charge on any atom is -0.342 e. The van der Waals surface area contributed by atoms with Gasteiger partial charge in [0.15, 0.2) is 0 Å². The molecule has 2 aliphatic rings. The quantitative estimate of drug-likeness (QED) is 0.862. The summed E-state index contributed by atoms with van der Waals surface area (Å²) in [7, 11) is 0. The second-order valence-electron chi connectivity index (χ2n) is 6.26. The van der Waals surface area contributed by atoms with Crippen LogP contribution >= 0.6 is 12.4 Å². The second-order valence-corrected chi connectivity index (χ2v) is 6.26. The third-order valence-corrected chi connectivity index (χ3v) is 4.72. The van der Waals surface area contributed by atoms with Gasteiger partial charge in [0.25, 0.3) is 0 Å². The van der Waals surface area contributed by atoms with Crippen LogP contribution in [-0.2, 0) is 4.79 Å². The van der Waals surface area contributed by atoms with E-state index in [9.17, 15) is 4.79 Å². The first kappa shape index (κ1) is 17.7. The van der Waals surface area contributed by atoms with E-state index in [4.69, 9.17) is 5.73 Å². The third-order valence-electron chi connectivity index (χ3n) is 4.72. The number of nitrogens with zero attached hydrogens (tertiary/aromatic N) is 2. The number of nitrogens with two attached hydrogens (primary N) is 1. The van der Waals surface area contributed by atoms with Gasteiger partial charge in [-0.15, -0.1) is 12.4 Å². The van der Waals surface area contributed by atoms with E-state index in [0.29, 0.717) is 18.5 Å². The van der Waals surface area contributed by atoms with Crippen molar-refractivity contribution in [1.82, 2.24) is 9.80 Å². The van der Waals surface area contributed by atoms with Crippen molar-refractivity contribution in [2.75, 3.05) is 32.7 Å². The van der Waals surface area contributed by atoms with Crippen LogP contribution in [0.5, 0.6) is 0 Å². The molecule has 2 fully saturated rings. The van der Waals surface area contributed by atoms with Gasteiger partial charge in [0, 0.05) is 19.1 Å².